The van der Waals surface area contributed by atoms with E-state index in [0.717, 1.165) is 4.90 Å². The Hall–Kier alpha value is -2.28. The van der Waals surface area contributed by atoms with Gasteiger partial charge in [0, 0.05) is 35.5 Å². The summed E-state index contributed by atoms with van der Waals surface area (Å²) < 4.78 is 0. The number of rotatable bonds is 3. The van der Waals surface area contributed by atoms with Gasteiger partial charge in [-0.2, -0.15) is 0 Å². The molecule has 1 aromatic heterocycles. The maximum Gasteiger partial charge on any atom is 0.251 e. The smallest absolute Gasteiger partial charge is 0.251 e. The number of aromatic amines is 1. The first-order valence-electron chi connectivity index (χ1n) is 5.45. The van der Waals surface area contributed by atoms with Gasteiger partial charge in [0.25, 0.3) is 11.5 Å². The molecule has 2 rings (SSSR count). The van der Waals surface area contributed by atoms with E-state index in [1.54, 1.807) is 25.2 Å². The zero-order valence-corrected chi connectivity index (χ0v) is 11.0. The molecule has 1 amide bonds. The van der Waals surface area contributed by atoms with Crippen molar-refractivity contribution >= 4 is 23.4 Å². The number of anilines is 1. The van der Waals surface area contributed by atoms with E-state index in [0.29, 0.717) is 16.4 Å². The number of nitrogens with one attached hydrogen (secondary N) is 2. The average molecular weight is 276 g/mol. The molecular formula is C12H12N4O2S. The van der Waals surface area contributed by atoms with Gasteiger partial charge in [-0.1, -0.05) is 0 Å². The quantitative estimate of drug-likeness (QED) is 0.570. The van der Waals surface area contributed by atoms with Gasteiger partial charge in [0.2, 0.25) is 0 Å². The van der Waals surface area contributed by atoms with E-state index < -0.39 is 0 Å². The highest BCUT2D eigenvalue weighted by Crippen LogP contribution is 2.29. The number of aromatic nitrogens is 2. The van der Waals surface area contributed by atoms with Crippen LogP contribution >= 0.6 is 11.8 Å². The Morgan fingerprint density at radius 3 is 2.84 bits per heavy atom. The molecule has 0 atom stereocenters. The molecule has 0 radical (unpaired) electrons. The van der Waals surface area contributed by atoms with Crippen LogP contribution in [0.4, 0.5) is 5.69 Å². The molecule has 7 heteroatoms. The van der Waals surface area contributed by atoms with Crippen molar-refractivity contribution in [3.63, 3.8) is 0 Å². The van der Waals surface area contributed by atoms with Crippen molar-refractivity contribution in [1.82, 2.24) is 15.3 Å². The van der Waals surface area contributed by atoms with Gasteiger partial charge in [-0.25, -0.2) is 4.98 Å². The van der Waals surface area contributed by atoms with E-state index in [2.05, 4.69) is 15.3 Å². The summed E-state index contributed by atoms with van der Waals surface area (Å²) >= 11 is 1.23. The van der Waals surface area contributed by atoms with E-state index in [4.69, 9.17) is 5.73 Å². The second kappa shape index (κ2) is 5.57. The first-order chi connectivity index (χ1) is 9.10. The molecule has 0 spiro atoms. The van der Waals surface area contributed by atoms with Crippen LogP contribution < -0.4 is 16.6 Å². The molecule has 0 saturated carbocycles. The summed E-state index contributed by atoms with van der Waals surface area (Å²) in [5.41, 5.74) is 6.60. The first kappa shape index (κ1) is 13.2. The third kappa shape index (κ3) is 3.14. The summed E-state index contributed by atoms with van der Waals surface area (Å²) in [6.45, 7) is 0. The lowest BCUT2D eigenvalue weighted by molar-refractivity contribution is 0.0963. The molecule has 0 saturated heterocycles. The van der Waals surface area contributed by atoms with Crippen LogP contribution in [0.25, 0.3) is 0 Å². The number of hydrogen-bond donors (Lipinski definition) is 3. The minimum atomic E-state index is -0.224. The van der Waals surface area contributed by atoms with E-state index in [9.17, 15) is 9.59 Å². The third-order valence-electron chi connectivity index (χ3n) is 2.35. The second-order valence-corrected chi connectivity index (χ2v) is 4.70. The average Bonchev–Trinajstić information content (AvgIpc) is 2.40. The lowest BCUT2D eigenvalue weighted by Crippen LogP contribution is -2.17. The lowest BCUT2D eigenvalue weighted by Gasteiger charge is -2.06. The van der Waals surface area contributed by atoms with Gasteiger partial charge in [0.15, 0.2) is 5.16 Å². The molecule has 2 aromatic rings. The standard InChI is InChI=1S/C12H12N4O2S/c1-14-11(18)7-2-3-9(8(13)6-7)19-12-15-5-4-10(17)16-12/h2-6H,13H2,1H3,(H,14,18)(H,15,16,17). The summed E-state index contributed by atoms with van der Waals surface area (Å²) in [6.07, 6.45) is 1.43. The van der Waals surface area contributed by atoms with Crippen molar-refractivity contribution in [2.75, 3.05) is 12.8 Å². The monoisotopic (exact) mass is 276 g/mol. The van der Waals surface area contributed by atoms with Crippen molar-refractivity contribution < 1.29 is 4.79 Å². The van der Waals surface area contributed by atoms with Gasteiger partial charge >= 0.3 is 0 Å². The van der Waals surface area contributed by atoms with E-state index >= 15 is 0 Å². The maximum absolute atomic E-state index is 11.4. The van der Waals surface area contributed by atoms with Crippen molar-refractivity contribution in [3.8, 4) is 0 Å². The van der Waals surface area contributed by atoms with Gasteiger partial charge in [0.1, 0.15) is 0 Å². The van der Waals surface area contributed by atoms with Gasteiger partial charge in [-0.15, -0.1) is 0 Å². The largest absolute Gasteiger partial charge is 0.398 e. The molecule has 6 nitrogen and oxygen atoms in total. The van der Waals surface area contributed by atoms with E-state index in [1.165, 1.54) is 24.0 Å². The molecule has 1 aromatic carbocycles. The minimum Gasteiger partial charge on any atom is -0.398 e. The maximum atomic E-state index is 11.4. The van der Waals surface area contributed by atoms with Crippen LogP contribution in [0.3, 0.4) is 0 Å². The molecule has 0 aliphatic carbocycles. The molecule has 1 heterocycles. The molecule has 19 heavy (non-hydrogen) atoms. The third-order valence-corrected chi connectivity index (χ3v) is 3.35. The number of amides is 1. The summed E-state index contributed by atoms with van der Waals surface area (Å²) in [7, 11) is 1.56. The van der Waals surface area contributed by atoms with Crippen LogP contribution in [0.5, 0.6) is 0 Å². The highest BCUT2D eigenvalue weighted by molar-refractivity contribution is 7.99. The van der Waals surface area contributed by atoms with Crippen LogP contribution in [0.15, 0.2) is 45.3 Å². The highest BCUT2D eigenvalue weighted by Gasteiger charge is 2.08. The first-order valence-corrected chi connectivity index (χ1v) is 6.26. The SMILES string of the molecule is CNC(=O)c1ccc(Sc2nccc(=O)[nH]2)c(N)c1. The molecular weight excluding hydrogens is 264 g/mol. The molecule has 4 N–H and O–H groups in total. The fourth-order valence-corrected chi connectivity index (χ4v) is 2.22. The summed E-state index contributed by atoms with van der Waals surface area (Å²) in [6, 6.07) is 6.31. The Morgan fingerprint density at radius 2 is 2.21 bits per heavy atom. The number of hydrogen-bond acceptors (Lipinski definition) is 5. The summed E-state index contributed by atoms with van der Waals surface area (Å²) in [4.78, 5) is 29.9. The van der Waals surface area contributed by atoms with Crippen molar-refractivity contribution in [3.05, 3.63) is 46.4 Å². The van der Waals surface area contributed by atoms with Gasteiger partial charge in [-0.05, 0) is 30.0 Å². The molecule has 0 bridgehead atoms. The molecule has 0 aliphatic rings. The Labute approximate surface area is 113 Å². The number of nitrogen functional groups attached to an aromatic ring is 1. The number of carbonyl (C=O) groups is 1. The topological polar surface area (TPSA) is 101 Å². The number of carbonyl (C=O) groups excluding carboxylic acids is 1. The van der Waals surface area contributed by atoms with Crippen molar-refractivity contribution in [2.45, 2.75) is 10.1 Å². The Kier molecular flexibility index (Phi) is 3.86. The normalized spacial score (nSPS) is 10.2. The summed E-state index contributed by atoms with van der Waals surface area (Å²) in [5, 5.41) is 2.97. The fraction of sp³-hybridized carbons (Fsp3) is 0.0833. The van der Waals surface area contributed by atoms with Crippen molar-refractivity contribution in [1.29, 1.82) is 0 Å². The summed E-state index contributed by atoms with van der Waals surface area (Å²) in [5.74, 6) is -0.200. The van der Waals surface area contributed by atoms with Crippen LogP contribution in [0, 0.1) is 0 Å². The molecule has 0 fully saturated rings. The second-order valence-electron chi connectivity index (χ2n) is 3.67. The van der Waals surface area contributed by atoms with E-state index in [-0.39, 0.29) is 11.5 Å². The Morgan fingerprint density at radius 1 is 1.42 bits per heavy atom. The number of nitrogens with two attached hydrogens (primary N) is 1. The Bertz CT molecular complexity index is 669. The molecule has 0 aliphatic heterocycles. The predicted molar refractivity (Wildman–Crippen MR) is 73.2 cm³/mol. The van der Waals surface area contributed by atoms with E-state index in [1.807, 2.05) is 0 Å². The Balaban J connectivity index is 2.27. The van der Waals surface area contributed by atoms with Crippen molar-refractivity contribution in [2.24, 2.45) is 0 Å². The zero-order valence-electron chi connectivity index (χ0n) is 10.1. The van der Waals surface area contributed by atoms with Crippen LogP contribution in [-0.4, -0.2) is 22.9 Å². The molecule has 0 unspecified atom stereocenters. The predicted octanol–water partition coefficient (Wildman–Crippen LogP) is 0.863. The number of H-pyrrole nitrogens is 1. The van der Waals surface area contributed by atoms with Crippen LogP contribution in [0.2, 0.25) is 0 Å². The van der Waals surface area contributed by atoms with Gasteiger partial charge in [0.05, 0.1) is 0 Å². The fourth-order valence-electron chi connectivity index (χ4n) is 1.43. The number of benzene rings is 1. The van der Waals surface area contributed by atoms with Crippen LogP contribution in [0.1, 0.15) is 10.4 Å². The minimum absolute atomic E-state index is 0.200. The molecule has 98 valence electrons. The van der Waals surface area contributed by atoms with Crippen LogP contribution in [-0.2, 0) is 0 Å². The lowest BCUT2D eigenvalue weighted by atomic mass is 10.2. The zero-order chi connectivity index (χ0) is 13.8. The highest BCUT2D eigenvalue weighted by atomic mass is 32.2. The number of nitrogens with zero attached hydrogens (tertiary/aromatic N) is 1. The van der Waals surface area contributed by atoms with Gasteiger partial charge < -0.3 is 16.0 Å². The van der Waals surface area contributed by atoms with Gasteiger partial charge in [-0.3, -0.25) is 9.59 Å².